The van der Waals surface area contributed by atoms with Crippen molar-refractivity contribution in [3.05, 3.63) is 24.2 Å². The van der Waals surface area contributed by atoms with Crippen LogP contribution in [-0.2, 0) is 61.9 Å². The van der Waals surface area contributed by atoms with Crippen LogP contribution in [0.1, 0.15) is 73.0 Å². The van der Waals surface area contributed by atoms with Gasteiger partial charge < -0.3 is 62.7 Å². The number of aliphatic hydroxyl groups excluding tert-OH is 2. The van der Waals surface area contributed by atoms with Gasteiger partial charge in [-0.1, -0.05) is 27.7 Å². The van der Waals surface area contributed by atoms with Gasteiger partial charge in [0.25, 0.3) is 5.97 Å². The number of rotatable bonds is 7. The van der Waals surface area contributed by atoms with Gasteiger partial charge in [-0.25, -0.2) is 9.59 Å². The van der Waals surface area contributed by atoms with E-state index in [1.807, 2.05) is 0 Å². The molecule has 8 aliphatic rings. The molecule has 1 aromatic rings. The smallest absolute Gasteiger partial charge is 0.348 e. The van der Waals surface area contributed by atoms with E-state index in [2.05, 4.69) is 0 Å². The predicted octanol–water partition coefficient (Wildman–Crippen LogP) is -0.288. The number of carbonyl (C=O) groups is 5. The van der Waals surface area contributed by atoms with Gasteiger partial charge in [-0.15, -0.1) is 0 Å². The maximum Gasteiger partial charge on any atom is 0.348 e. The Labute approximate surface area is 313 Å². The van der Waals surface area contributed by atoms with Crippen molar-refractivity contribution in [3.8, 4) is 0 Å². The van der Waals surface area contributed by atoms with Crippen molar-refractivity contribution in [1.29, 1.82) is 0 Å². The van der Waals surface area contributed by atoms with Crippen LogP contribution in [0.5, 0.6) is 0 Å². The number of hydrogen-bond donors (Lipinski definition) is 4. The van der Waals surface area contributed by atoms with Crippen LogP contribution in [0.3, 0.4) is 0 Å². The summed E-state index contributed by atoms with van der Waals surface area (Å²) in [6.45, 7) is 9.38. The van der Waals surface area contributed by atoms with Gasteiger partial charge in [-0.3, -0.25) is 14.4 Å². The summed E-state index contributed by atoms with van der Waals surface area (Å²) in [6, 6.07) is 1.50. The van der Waals surface area contributed by atoms with Crippen LogP contribution in [0, 0.1) is 33.5 Å². The van der Waals surface area contributed by atoms with Crippen molar-refractivity contribution in [2.75, 3.05) is 7.11 Å². The Bertz CT molecular complexity index is 1950. The summed E-state index contributed by atoms with van der Waals surface area (Å²) in [7, 11) is 1.04. The lowest BCUT2D eigenvalue weighted by molar-refractivity contribution is -0.455. The van der Waals surface area contributed by atoms with E-state index in [1.54, 1.807) is 0 Å². The molecule has 18 nitrogen and oxygen atoms in total. The van der Waals surface area contributed by atoms with Crippen molar-refractivity contribution in [3.63, 3.8) is 0 Å². The summed E-state index contributed by atoms with van der Waals surface area (Å²) >= 11 is 0. The first-order valence-corrected chi connectivity index (χ1v) is 18.3. The molecule has 5 saturated carbocycles. The van der Waals surface area contributed by atoms with Gasteiger partial charge in [0.2, 0.25) is 6.10 Å². The van der Waals surface area contributed by atoms with Gasteiger partial charge in [-0.2, -0.15) is 0 Å². The van der Waals surface area contributed by atoms with E-state index >= 15 is 0 Å². The summed E-state index contributed by atoms with van der Waals surface area (Å²) in [5.41, 5.74) is -17.9. The van der Waals surface area contributed by atoms with E-state index in [4.69, 9.17) is 42.3 Å². The van der Waals surface area contributed by atoms with Gasteiger partial charge in [0.05, 0.1) is 42.5 Å². The molecule has 0 radical (unpaired) electrons. The lowest BCUT2D eigenvalue weighted by Crippen LogP contribution is -2.97. The summed E-state index contributed by atoms with van der Waals surface area (Å²) in [5, 5.41) is 52.4. The van der Waals surface area contributed by atoms with Crippen molar-refractivity contribution in [2.45, 2.75) is 132 Å². The first kappa shape index (κ1) is 37.0. The molecule has 5 aliphatic carbocycles. The Hall–Kier alpha value is -3.65. The Morgan fingerprint density at radius 2 is 1.58 bits per heavy atom. The molecule has 0 unspecified atom stereocenters. The van der Waals surface area contributed by atoms with E-state index in [0.29, 0.717) is 0 Å². The standard InChI is InChI=1S/C37H44O18/c1-14(2)24(42)52-28-35(46)27(50-16(4)39)29(5)12-34(35,45)30(6,19(29)18(40)25(43)47-8)36-22-20(41)32-13-33(32,37(28,36)55-31(7,53-22)54-36)23(49-15(3)38)26(44)51-21(32)17-9-10-48-11-17/h9-11,14,18-23,27-28,40-41,45-46H,12-13H2,1-8H3/t18-,19+,20+,21+,22-,23+,27+,28-,29-,30-,31-,32+,33-,34-,35+,36+,37+/m0/s1. The van der Waals surface area contributed by atoms with Crippen LogP contribution in [-0.4, -0.2) is 122 Å². The summed E-state index contributed by atoms with van der Waals surface area (Å²) in [5.74, 6) is -9.72. The number of carbonyl (C=O) groups excluding carboxylic acids is 5. The average Bonchev–Trinajstić information content (AvgIpc) is 3.45. The number of esters is 5. The van der Waals surface area contributed by atoms with E-state index in [0.717, 1.165) is 21.0 Å². The maximum absolute atomic E-state index is 14.5. The van der Waals surface area contributed by atoms with Gasteiger partial charge in [-0.05, 0) is 18.9 Å². The largest absolute Gasteiger partial charge is 0.472 e. The second kappa shape index (κ2) is 10.3. The minimum absolute atomic E-state index is 0.280. The van der Waals surface area contributed by atoms with Crippen LogP contribution < -0.4 is 0 Å². The van der Waals surface area contributed by atoms with Crippen LogP contribution >= 0.6 is 0 Å². The Kier molecular flexibility index (Phi) is 6.89. The Morgan fingerprint density at radius 1 is 0.927 bits per heavy atom. The predicted molar refractivity (Wildman–Crippen MR) is 172 cm³/mol. The maximum atomic E-state index is 14.5. The number of cyclic esters (lactones) is 1. The zero-order valence-electron chi connectivity index (χ0n) is 31.3. The lowest BCUT2D eigenvalue weighted by atomic mass is 9.33. The average molecular weight is 777 g/mol. The molecule has 8 fully saturated rings. The van der Waals surface area contributed by atoms with Crippen LogP contribution in [0.15, 0.2) is 23.0 Å². The molecule has 3 saturated heterocycles. The van der Waals surface area contributed by atoms with Crippen molar-refractivity contribution in [1.82, 2.24) is 0 Å². The molecule has 0 amide bonds. The molecule has 300 valence electrons. The van der Waals surface area contributed by atoms with Crippen molar-refractivity contribution in [2.24, 2.45) is 33.5 Å². The van der Waals surface area contributed by atoms with Crippen molar-refractivity contribution >= 4 is 29.8 Å². The SMILES string of the molecule is COC(=O)[C@@H](O)[C@@H]1[C@]2(C)C[C@@]3(O)[C@@](O)([C@@H]2OC(C)=O)[C@H](OC(=O)C(C)C)[C@@]24O[C@@]5(C)O[C@@H]([C@@H](O)[C@@]67C[C@]62[C@H](OC(C)=O)C(=O)O[C@@H]7c2ccoc2)[C@@]4(O5)[C@@]13C. The fourth-order valence-corrected chi connectivity index (χ4v) is 13.7. The van der Waals surface area contributed by atoms with Crippen LogP contribution in [0.4, 0.5) is 0 Å². The number of methoxy groups -OCH3 is 1. The molecule has 55 heavy (non-hydrogen) atoms. The number of furan rings is 1. The molecular formula is C37H44O18. The monoisotopic (exact) mass is 776 g/mol. The summed E-state index contributed by atoms with van der Waals surface area (Å²) in [4.78, 5) is 68.1. The third-order valence-corrected chi connectivity index (χ3v) is 15.0. The zero-order valence-corrected chi connectivity index (χ0v) is 31.3. The minimum Gasteiger partial charge on any atom is -0.472 e. The Morgan fingerprint density at radius 3 is 2.16 bits per heavy atom. The molecule has 1 spiro atoms. The quantitative estimate of drug-likeness (QED) is 0.205. The lowest BCUT2D eigenvalue weighted by Gasteiger charge is -2.76. The van der Waals surface area contributed by atoms with Crippen LogP contribution in [0.2, 0.25) is 0 Å². The van der Waals surface area contributed by atoms with E-state index in [9.17, 15) is 44.4 Å². The highest BCUT2D eigenvalue weighted by molar-refractivity contribution is 5.84. The third-order valence-electron chi connectivity index (χ3n) is 15.0. The highest BCUT2D eigenvalue weighted by atomic mass is 17.0. The molecule has 1 aromatic heterocycles. The molecule has 3 aliphatic heterocycles. The number of hydrogen-bond acceptors (Lipinski definition) is 18. The van der Waals surface area contributed by atoms with Gasteiger partial charge in [0.1, 0.15) is 29.5 Å². The highest BCUT2D eigenvalue weighted by Crippen LogP contribution is 2.95. The van der Waals surface area contributed by atoms with Crippen molar-refractivity contribution < 1.29 is 86.7 Å². The van der Waals surface area contributed by atoms with E-state index in [1.165, 1.54) is 53.2 Å². The van der Waals surface area contributed by atoms with E-state index in [-0.39, 0.29) is 12.0 Å². The zero-order chi connectivity index (χ0) is 40.1. The third kappa shape index (κ3) is 3.39. The minimum atomic E-state index is -2.89. The summed E-state index contributed by atoms with van der Waals surface area (Å²) in [6.07, 6.45) is -11.0. The molecular weight excluding hydrogens is 732 g/mol. The van der Waals surface area contributed by atoms with Gasteiger partial charge in [0, 0.05) is 43.1 Å². The van der Waals surface area contributed by atoms with Gasteiger partial charge in [0.15, 0.2) is 23.4 Å². The summed E-state index contributed by atoms with van der Waals surface area (Å²) < 4.78 is 54.9. The molecule has 4 bridgehead atoms. The fourth-order valence-electron chi connectivity index (χ4n) is 13.7. The number of ether oxygens (including phenoxy) is 8. The second-order valence-corrected chi connectivity index (χ2v) is 17.5. The van der Waals surface area contributed by atoms with E-state index < -0.39 is 141 Å². The molecule has 4 N–H and O–H groups in total. The topological polar surface area (TPSA) is 253 Å². The van der Waals surface area contributed by atoms with Gasteiger partial charge >= 0.3 is 29.8 Å². The number of aliphatic hydroxyl groups is 4. The molecule has 17 atom stereocenters. The normalized spacial score (nSPS) is 53.4. The Balaban J connectivity index is 1.45. The first-order valence-electron chi connectivity index (χ1n) is 18.3. The molecule has 4 heterocycles. The molecule has 18 heteroatoms. The fraction of sp³-hybridized carbons (Fsp3) is 0.757. The highest BCUT2D eigenvalue weighted by Gasteiger charge is 3.11. The molecule has 0 aromatic carbocycles. The second-order valence-electron chi connectivity index (χ2n) is 17.5. The van der Waals surface area contributed by atoms with Crippen LogP contribution in [0.25, 0.3) is 0 Å². The molecule has 9 rings (SSSR count). The first-order chi connectivity index (χ1) is 25.5. The number of fused-ring (bicyclic) bond motifs is 2.